The number of aryl methyl sites for hydroxylation is 1. The smallest absolute Gasteiger partial charge is 0.274 e. The highest BCUT2D eigenvalue weighted by atomic mass is 16.1. The van der Waals surface area contributed by atoms with Crippen molar-refractivity contribution in [2.75, 3.05) is 42.9 Å². The molecule has 0 saturated carbocycles. The van der Waals surface area contributed by atoms with Crippen LogP contribution in [-0.2, 0) is 0 Å². The Morgan fingerprint density at radius 2 is 1.88 bits per heavy atom. The van der Waals surface area contributed by atoms with Gasteiger partial charge in [0, 0.05) is 37.6 Å². The van der Waals surface area contributed by atoms with Crippen molar-refractivity contribution in [2.24, 2.45) is 0 Å². The molecule has 0 atom stereocenters. The number of hydrogen-bond acceptors (Lipinski definition) is 6. The van der Waals surface area contributed by atoms with E-state index in [4.69, 9.17) is 5.26 Å². The maximum absolute atomic E-state index is 12.6. The van der Waals surface area contributed by atoms with Crippen LogP contribution in [0.3, 0.4) is 0 Å². The van der Waals surface area contributed by atoms with Crippen LogP contribution in [0.2, 0.25) is 0 Å². The second kappa shape index (κ2) is 7.93. The molecule has 1 N–H and O–H groups in total. The summed E-state index contributed by atoms with van der Waals surface area (Å²) < 4.78 is 0. The molecule has 0 radical (unpaired) electrons. The number of nitriles is 1. The molecule has 0 bridgehead atoms. The number of nitrogens with one attached hydrogen (secondary N) is 1. The highest BCUT2D eigenvalue weighted by molar-refractivity contribution is 6.03. The van der Waals surface area contributed by atoms with Gasteiger partial charge in [0.05, 0.1) is 11.6 Å². The molecule has 0 aliphatic carbocycles. The van der Waals surface area contributed by atoms with Gasteiger partial charge in [-0.1, -0.05) is 6.92 Å². The summed E-state index contributed by atoms with van der Waals surface area (Å²) in [6.45, 7) is 8.72. The van der Waals surface area contributed by atoms with Crippen LogP contribution in [0.25, 0.3) is 0 Å². The van der Waals surface area contributed by atoms with Gasteiger partial charge in [0.25, 0.3) is 5.91 Å². The molecule has 0 unspecified atom stereocenters. The first-order valence-corrected chi connectivity index (χ1v) is 8.73. The first-order valence-electron chi connectivity index (χ1n) is 8.73. The SMILES string of the molecule is CCN1CCN(c2nc(C)cc(C(=O)Nc3ccc(C#N)cc3)n2)CC1. The van der Waals surface area contributed by atoms with E-state index in [1.807, 2.05) is 6.92 Å². The van der Waals surface area contributed by atoms with Crippen LogP contribution in [0.15, 0.2) is 30.3 Å². The Morgan fingerprint density at radius 1 is 1.19 bits per heavy atom. The average Bonchev–Trinajstić information content (AvgIpc) is 2.68. The molecule has 26 heavy (non-hydrogen) atoms. The van der Waals surface area contributed by atoms with Crippen molar-refractivity contribution in [1.82, 2.24) is 14.9 Å². The Kier molecular flexibility index (Phi) is 5.44. The van der Waals surface area contributed by atoms with Gasteiger partial charge < -0.3 is 15.1 Å². The molecule has 134 valence electrons. The maximum atomic E-state index is 12.6. The fraction of sp³-hybridized carbons (Fsp3) is 0.368. The molecule has 7 heteroatoms. The zero-order chi connectivity index (χ0) is 18.5. The number of amides is 1. The van der Waals surface area contributed by atoms with Crippen LogP contribution in [-0.4, -0.2) is 53.5 Å². The number of likely N-dealkylation sites (N-methyl/N-ethyl adjacent to an activating group) is 1. The van der Waals surface area contributed by atoms with E-state index in [0.29, 0.717) is 22.9 Å². The highest BCUT2D eigenvalue weighted by Crippen LogP contribution is 2.15. The summed E-state index contributed by atoms with van der Waals surface area (Å²) in [6, 6.07) is 10.5. The largest absolute Gasteiger partial charge is 0.338 e. The van der Waals surface area contributed by atoms with Gasteiger partial charge in [0.1, 0.15) is 5.69 Å². The van der Waals surface area contributed by atoms with Crippen LogP contribution >= 0.6 is 0 Å². The molecule has 0 spiro atoms. The molecule has 2 heterocycles. The minimum atomic E-state index is -0.284. The normalized spacial score (nSPS) is 14.7. The molecule has 3 rings (SSSR count). The van der Waals surface area contributed by atoms with Crippen molar-refractivity contribution >= 4 is 17.5 Å². The predicted octanol–water partition coefficient (Wildman–Crippen LogP) is 2.05. The topological polar surface area (TPSA) is 85.1 Å². The second-order valence-corrected chi connectivity index (χ2v) is 6.26. The van der Waals surface area contributed by atoms with E-state index < -0.39 is 0 Å². The Bertz CT molecular complexity index is 819. The van der Waals surface area contributed by atoms with E-state index in [-0.39, 0.29) is 5.91 Å². The molecule has 1 aliphatic rings. The van der Waals surface area contributed by atoms with E-state index in [1.165, 1.54) is 0 Å². The number of carbonyl (C=O) groups excluding carboxylic acids is 1. The first-order chi connectivity index (χ1) is 12.6. The van der Waals surface area contributed by atoms with Crippen molar-refractivity contribution in [3.8, 4) is 6.07 Å². The minimum absolute atomic E-state index is 0.284. The van der Waals surface area contributed by atoms with E-state index >= 15 is 0 Å². The molecular formula is C19H22N6O. The Labute approximate surface area is 153 Å². The molecule has 2 aromatic rings. The molecule has 1 saturated heterocycles. The summed E-state index contributed by atoms with van der Waals surface area (Å²) >= 11 is 0. The van der Waals surface area contributed by atoms with Gasteiger partial charge >= 0.3 is 0 Å². The summed E-state index contributed by atoms with van der Waals surface area (Å²) in [5.41, 5.74) is 2.28. The number of carbonyl (C=O) groups is 1. The van der Waals surface area contributed by atoms with E-state index in [9.17, 15) is 4.79 Å². The summed E-state index contributed by atoms with van der Waals surface area (Å²) in [5, 5.41) is 11.7. The van der Waals surface area contributed by atoms with Crippen molar-refractivity contribution in [1.29, 1.82) is 5.26 Å². The minimum Gasteiger partial charge on any atom is -0.338 e. The second-order valence-electron chi connectivity index (χ2n) is 6.26. The summed E-state index contributed by atoms with van der Waals surface area (Å²) in [4.78, 5) is 26.0. The van der Waals surface area contributed by atoms with Gasteiger partial charge in [-0.25, -0.2) is 9.97 Å². The van der Waals surface area contributed by atoms with Crippen LogP contribution < -0.4 is 10.2 Å². The number of benzene rings is 1. The van der Waals surface area contributed by atoms with Gasteiger partial charge in [0.2, 0.25) is 5.95 Å². The summed E-state index contributed by atoms with van der Waals surface area (Å²) in [7, 11) is 0. The predicted molar refractivity (Wildman–Crippen MR) is 100 cm³/mol. The number of anilines is 2. The summed E-state index contributed by atoms with van der Waals surface area (Å²) in [6.07, 6.45) is 0. The number of piperazine rings is 1. The lowest BCUT2D eigenvalue weighted by Gasteiger charge is -2.34. The zero-order valence-electron chi connectivity index (χ0n) is 15.1. The molecule has 1 aliphatic heterocycles. The Morgan fingerprint density at radius 3 is 2.50 bits per heavy atom. The van der Waals surface area contributed by atoms with Crippen molar-refractivity contribution in [3.63, 3.8) is 0 Å². The molecular weight excluding hydrogens is 328 g/mol. The van der Waals surface area contributed by atoms with Crippen LogP contribution in [0, 0.1) is 18.3 Å². The third kappa shape index (κ3) is 4.16. The van der Waals surface area contributed by atoms with Gasteiger partial charge in [-0.2, -0.15) is 5.26 Å². The Hall–Kier alpha value is -2.98. The lowest BCUT2D eigenvalue weighted by Crippen LogP contribution is -2.47. The van der Waals surface area contributed by atoms with Crippen molar-refractivity contribution in [3.05, 3.63) is 47.3 Å². The number of rotatable bonds is 4. The van der Waals surface area contributed by atoms with E-state index in [2.05, 4.69) is 38.1 Å². The van der Waals surface area contributed by atoms with Gasteiger partial charge in [-0.15, -0.1) is 0 Å². The standard InChI is InChI=1S/C19H22N6O/c1-3-24-8-10-25(11-9-24)19-21-14(2)12-17(23-19)18(26)22-16-6-4-15(13-20)5-7-16/h4-7,12H,3,8-11H2,1-2H3,(H,22,26). The zero-order valence-corrected chi connectivity index (χ0v) is 15.1. The number of nitrogens with zero attached hydrogens (tertiary/aromatic N) is 5. The van der Waals surface area contributed by atoms with Crippen molar-refractivity contribution in [2.45, 2.75) is 13.8 Å². The lowest BCUT2D eigenvalue weighted by molar-refractivity contribution is 0.102. The van der Waals surface area contributed by atoms with Gasteiger partial charge in [-0.05, 0) is 43.8 Å². The molecule has 1 aromatic heterocycles. The lowest BCUT2D eigenvalue weighted by atomic mass is 10.2. The fourth-order valence-corrected chi connectivity index (χ4v) is 2.90. The first kappa shape index (κ1) is 17.8. The molecule has 1 amide bonds. The monoisotopic (exact) mass is 350 g/mol. The average molecular weight is 350 g/mol. The van der Waals surface area contributed by atoms with E-state index in [1.54, 1.807) is 30.3 Å². The quantitative estimate of drug-likeness (QED) is 0.908. The van der Waals surface area contributed by atoms with Gasteiger partial charge in [0.15, 0.2) is 0 Å². The van der Waals surface area contributed by atoms with Crippen LogP contribution in [0.1, 0.15) is 28.7 Å². The molecule has 1 aromatic carbocycles. The third-order valence-electron chi connectivity index (χ3n) is 4.45. The highest BCUT2D eigenvalue weighted by Gasteiger charge is 2.20. The maximum Gasteiger partial charge on any atom is 0.274 e. The van der Waals surface area contributed by atoms with E-state index in [0.717, 1.165) is 38.4 Å². The third-order valence-corrected chi connectivity index (χ3v) is 4.45. The molecule has 7 nitrogen and oxygen atoms in total. The fourth-order valence-electron chi connectivity index (χ4n) is 2.90. The number of aromatic nitrogens is 2. The Balaban J connectivity index is 1.74. The number of hydrogen-bond donors (Lipinski definition) is 1. The molecule has 1 fully saturated rings. The van der Waals surface area contributed by atoms with Crippen LogP contribution in [0.4, 0.5) is 11.6 Å². The van der Waals surface area contributed by atoms with Crippen molar-refractivity contribution < 1.29 is 4.79 Å². The van der Waals surface area contributed by atoms with Crippen LogP contribution in [0.5, 0.6) is 0 Å². The summed E-state index contributed by atoms with van der Waals surface area (Å²) in [5.74, 6) is 0.319. The van der Waals surface area contributed by atoms with Gasteiger partial charge in [-0.3, -0.25) is 4.79 Å².